The van der Waals surface area contributed by atoms with Gasteiger partial charge in [0.25, 0.3) is 0 Å². The van der Waals surface area contributed by atoms with E-state index in [2.05, 4.69) is 15.0 Å². The molecule has 0 saturated carbocycles. The smallest absolute Gasteiger partial charge is 0.213 e. The molecule has 0 N–H and O–H groups in total. The predicted octanol–water partition coefficient (Wildman–Crippen LogP) is 1.83. The van der Waals surface area contributed by atoms with Crippen molar-refractivity contribution in [2.75, 3.05) is 11.4 Å². The van der Waals surface area contributed by atoms with Gasteiger partial charge in [-0.2, -0.15) is 4.98 Å². The van der Waals surface area contributed by atoms with Crippen LogP contribution >= 0.6 is 0 Å². The second-order valence-electron chi connectivity index (χ2n) is 4.42. The van der Waals surface area contributed by atoms with Gasteiger partial charge in [-0.05, 0) is 37.1 Å². The van der Waals surface area contributed by atoms with Crippen molar-refractivity contribution < 1.29 is 9.32 Å². The van der Waals surface area contributed by atoms with Crippen LogP contribution in [0, 0.1) is 0 Å². The highest BCUT2D eigenvalue weighted by atomic mass is 16.5. The van der Waals surface area contributed by atoms with E-state index in [0.29, 0.717) is 12.4 Å². The van der Waals surface area contributed by atoms with E-state index in [9.17, 15) is 4.79 Å². The lowest BCUT2D eigenvalue weighted by Crippen LogP contribution is -2.20. The summed E-state index contributed by atoms with van der Waals surface area (Å²) in [5.74, 6) is 0.785. The average molecular weight is 243 g/mol. The molecule has 5 heteroatoms. The van der Waals surface area contributed by atoms with Gasteiger partial charge in [-0.15, -0.1) is 0 Å². The molecule has 5 nitrogen and oxygen atoms in total. The van der Waals surface area contributed by atoms with Crippen molar-refractivity contribution in [1.29, 1.82) is 0 Å². The Kier molecular flexibility index (Phi) is 2.59. The lowest BCUT2D eigenvalue weighted by Gasteiger charge is -2.17. The van der Waals surface area contributed by atoms with Crippen LogP contribution in [0.2, 0.25) is 0 Å². The predicted molar refractivity (Wildman–Crippen MR) is 65.5 cm³/mol. The first-order chi connectivity index (χ1) is 8.74. The van der Waals surface area contributed by atoms with Crippen LogP contribution in [-0.4, -0.2) is 22.5 Å². The number of nitrogens with zero attached hydrogens (tertiary/aromatic N) is 3. The summed E-state index contributed by atoms with van der Waals surface area (Å²) in [6.45, 7) is 3.15. The van der Waals surface area contributed by atoms with Crippen molar-refractivity contribution in [1.82, 2.24) is 10.1 Å². The molecule has 0 bridgehead atoms. The molecule has 1 aliphatic heterocycles. The Hall–Kier alpha value is -2.17. The van der Waals surface area contributed by atoms with Crippen LogP contribution in [-0.2, 0) is 13.0 Å². The van der Waals surface area contributed by atoms with Crippen LogP contribution < -0.4 is 4.90 Å². The van der Waals surface area contributed by atoms with E-state index in [1.165, 1.54) is 12.0 Å². The number of carbonyl (C=O) groups excluding carboxylic acids is 1. The number of fused-ring (bicyclic) bond motifs is 1. The molecule has 0 radical (unpaired) electrons. The Morgan fingerprint density at radius 3 is 3.11 bits per heavy atom. The molecule has 0 saturated heterocycles. The minimum atomic E-state index is 0.106. The minimum Gasteiger partial charge on any atom is -0.363 e. The molecule has 2 aromatic rings. The van der Waals surface area contributed by atoms with Gasteiger partial charge in [-0.3, -0.25) is 4.79 Å². The first kappa shape index (κ1) is 11.0. The number of rotatable bonds is 3. The molecule has 1 aromatic carbocycles. The van der Waals surface area contributed by atoms with Gasteiger partial charge in [0.1, 0.15) is 0 Å². The molecular formula is C13H13N3O2. The zero-order valence-corrected chi connectivity index (χ0v) is 10.1. The van der Waals surface area contributed by atoms with Crippen molar-refractivity contribution >= 4 is 11.5 Å². The Morgan fingerprint density at radius 1 is 1.50 bits per heavy atom. The second kappa shape index (κ2) is 4.25. The number of benzene rings is 1. The lowest BCUT2D eigenvalue weighted by molar-refractivity contribution is 0.101. The summed E-state index contributed by atoms with van der Waals surface area (Å²) in [6, 6.07) is 5.85. The fourth-order valence-corrected chi connectivity index (χ4v) is 2.29. The molecule has 0 atom stereocenters. The Morgan fingerprint density at radius 2 is 2.39 bits per heavy atom. The minimum absolute atomic E-state index is 0.106. The van der Waals surface area contributed by atoms with E-state index >= 15 is 0 Å². The summed E-state index contributed by atoms with van der Waals surface area (Å²) in [5, 5.41) is 3.82. The van der Waals surface area contributed by atoms with Gasteiger partial charge in [0.15, 0.2) is 11.6 Å². The molecule has 1 aromatic heterocycles. The average Bonchev–Trinajstić information content (AvgIpc) is 2.99. The molecular weight excluding hydrogens is 230 g/mol. The van der Waals surface area contributed by atoms with Crippen LogP contribution in [0.25, 0.3) is 0 Å². The number of anilines is 1. The van der Waals surface area contributed by atoms with Crippen molar-refractivity contribution in [3.63, 3.8) is 0 Å². The molecule has 0 unspecified atom stereocenters. The number of Topliss-reactive ketones (excluding diaryl/α,β-unsaturated/α-hetero) is 1. The van der Waals surface area contributed by atoms with Gasteiger partial charge < -0.3 is 9.42 Å². The maximum Gasteiger partial charge on any atom is 0.213 e. The standard InChI is InChI=1S/C13H13N3O2/c1-9(17)10-2-3-12-11(6-10)4-5-16(12)7-13-14-8-18-15-13/h2-3,6,8H,4-5,7H2,1H3. The Balaban J connectivity index is 1.86. The third-order valence-electron chi connectivity index (χ3n) is 3.22. The van der Waals surface area contributed by atoms with Crippen LogP contribution in [0.15, 0.2) is 29.1 Å². The van der Waals surface area contributed by atoms with Gasteiger partial charge in [0.2, 0.25) is 6.39 Å². The molecule has 0 fully saturated rings. The Labute approximate surface area is 104 Å². The van der Waals surface area contributed by atoms with Crippen LogP contribution in [0.4, 0.5) is 5.69 Å². The number of ketones is 1. The number of hydrogen-bond acceptors (Lipinski definition) is 5. The van der Waals surface area contributed by atoms with Gasteiger partial charge in [0.05, 0.1) is 6.54 Å². The highest BCUT2D eigenvalue weighted by molar-refractivity contribution is 5.94. The van der Waals surface area contributed by atoms with Crippen molar-refractivity contribution in [3.8, 4) is 0 Å². The van der Waals surface area contributed by atoms with Crippen LogP contribution in [0.5, 0.6) is 0 Å². The fraction of sp³-hybridized carbons (Fsp3) is 0.308. The van der Waals surface area contributed by atoms with Gasteiger partial charge in [0, 0.05) is 17.8 Å². The zero-order valence-electron chi connectivity index (χ0n) is 10.1. The topological polar surface area (TPSA) is 59.2 Å². The summed E-state index contributed by atoms with van der Waals surface area (Å²) in [4.78, 5) is 17.6. The van der Waals surface area contributed by atoms with E-state index in [1.807, 2.05) is 18.2 Å². The van der Waals surface area contributed by atoms with Crippen molar-refractivity contribution in [3.05, 3.63) is 41.5 Å². The number of aromatic nitrogens is 2. The molecule has 2 heterocycles. The summed E-state index contributed by atoms with van der Waals surface area (Å²) in [6.07, 6.45) is 2.29. The summed E-state index contributed by atoms with van der Waals surface area (Å²) in [5.41, 5.74) is 3.14. The molecule has 3 rings (SSSR count). The normalized spacial score (nSPS) is 13.7. The molecule has 0 aliphatic carbocycles. The maximum atomic E-state index is 11.3. The third kappa shape index (κ3) is 1.88. The quantitative estimate of drug-likeness (QED) is 0.770. The van der Waals surface area contributed by atoms with E-state index < -0.39 is 0 Å². The third-order valence-corrected chi connectivity index (χ3v) is 3.22. The first-order valence-corrected chi connectivity index (χ1v) is 5.88. The van der Waals surface area contributed by atoms with Crippen molar-refractivity contribution in [2.45, 2.75) is 19.9 Å². The SMILES string of the molecule is CC(=O)c1ccc2c(c1)CCN2Cc1ncon1. The van der Waals surface area contributed by atoms with E-state index in [1.54, 1.807) is 6.92 Å². The largest absolute Gasteiger partial charge is 0.363 e. The monoisotopic (exact) mass is 243 g/mol. The Bertz CT molecular complexity index is 578. The lowest BCUT2D eigenvalue weighted by atomic mass is 10.1. The summed E-state index contributed by atoms with van der Waals surface area (Å²) < 4.78 is 4.73. The zero-order chi connectivity index (χ0) is 12.5. The van der Waals surface area contributed by atoms with Gasteiger partial charge in [-0.1, -0.05) is 5.16 Å². The first-order valence-electron chi connectivity index (χ1n) is 5.88. The summed E-state index contributed by atoms with van der Waals surface area (Å²) in [7, 11) is 0. The summed E-state index contributed by atoms with van der Waals surface area (Å²) >= 11 is 0. The van der Waals surface area contributed by atoms with Gasteiger partial charge >= 0.3 is 0 Å². The molecule has 1 aliphatic rings. The highest BCUT2D eigenvalue weighted by Crippen LogP contribution is 2.29. The van der Waals surface area contributed by atoms with Crippen molar-refractivity contribution in [2.24, 2.45) is 0 Å². The number of hydrogen-bond donors (Lipinski definition) is 0. The van der Waals surface area contributed by atoms with Crippen LogP contribution in [0.1, 0.15) is 28.7 Å². The number of carbonyl (C=O) groups is 1. The highest BCUT2D eigenvalue weighted by Gasteiger charge is 2.21. The van der Waals surface area contributed by atoms with E-state index in [0.717, 1.165) is 24.2 Å². The van der Waals surface area contributed by atoms with Gasteiger partial charge in [-0.25, -0.2) is 0 Å². The second-order valence-corrected chi connectivity index (χ2v) is 4.42. The van der Waals surface area contributed by atoms with E-state index in [4.69, 9.17) is 4.52 Å². The van der Waals surface area contributed by atoms with E-state index in [-0.39, 0.29) is 5.78 Å². The molecule has 18 heavy (non-hydrogen) atoms. The molecule has 0 spiro atoms. The molecule has 92 valence electrons. The molecule has 0 amide bonds. The maximum absolute atomic E-state index is 11.3. The van der Waals surface area contributed by atoms with Crippen LogP contribution in [0.3, 0.4) is 0 Å². The fourth-order valence-electron chi connectivity index (χ4n) is 2.29.